The summed E-state index contributed by atoms with van der Waals surface area (Å²) in [6.07, 6.45) is 1.99. The van der Waals surface area contributed by atoms with Gasteiger partial charge in [0.2, 0.25) is 20.0 Å². The van der Waals surface area contributed by atoms with Crippen molar-refractivity contribution >= 4 is 48.4 Å². The average molecular weight is 512 g/mol. The van der Waals surface area contributed by atoms with Crippen molar-refractivity contribution in [3.63, 3.8) is 0 Å². The molecular weight excluding hydrogens is 487 g/mol. The molecular formula is C21H25N3O4S4. The highest BCUT2D eigenvalue weighted by Gasteiger charge is 2.34. The highest BCUT2D eigenvalue weighted by atomic mass is 32.2. The van der Waals surface area contributed by atoms with Gasteiger partial charge >= 0.3 is 0 Å². The molecule has 1 aromatic carbocycles. The highest BCUT2D eigenvalue weighted by molar-refractivity contribution is 7.92. The van der Waals surface area contributed by atoms with Crippen LogP contribution in [0.2, 0.25) is 0 Å². The second-order valence-corrected chi connectivity index (χ2v) is 13.3. The van der Waals surface area contributed by atoms with Crippen LogP contribution >= 0.6 is 22.7 Å². The lowest BCUT2D eigenvalue weighted by Gasteiger charge is -2.40. The Labute approximate surface area is 197 Å². The number of hydrogen-bond donors (Lipinski definition) is 2. The fraction of sp³-hybridized carbons (Fsp3) is 0.333. The molecule has 3 aromatic rings. The number of anilines is 1. The number of thiophene rings is 2. The molecule has 0 amide bonds. The van der Waals surface area contributed by atoms with Crippen molar-refractivity contribution < 1.29 is 16.8 Å². The normalized spacial score (nSPS) is 19.6. The minimum Gasteiger partial charge on any atom is -0.287 e. The van der Waals surface area contributed by atoms with E-state index >= 15 is 0 Å². The Morgan fingerprint density at radius 2 is 1.78 bits per heavy atom. The van der Waals surface area contributed by atoms with Gasteiger partial charge in [0.15, 0.2) is 0 Å². The van der Waals surface area contributed by atoms with Gasteiger partial charge in [0.1, 0.15) is 0 Å². The van der Waals surface area contributed by atoms with Crippen LogP contribution in [-0.4, -0.2) is 47.1 Å². The van der Waals surface area contributed by atoms with Gasteiger partial charge < -0.3 is 0 Å². The largest absolute Gasteiger partial charge is 0.287 e. The molecule has 4 rings (SSSR count). The SMILES string of the molecule is C[C@@H]1Cc2ccsc2[C@H](c2cccs2)N1CCNS(=O)(=O)c1ccc(NS(C)(=O)=O)cc1. The van der Waals surface area contributed by atoms with Crippen LogP contribution in [0, 0.1) is 0 Å². The summed E-state index contributed by atoms with van der Waals surface area (Å²) in [5.74, 6) is 0. The van der Waals surface area contributed by atoms with Crippen molar-refractivity contribution in [2.24, 2.45) is 0 Å². The van der Waals surface area contributed by atoms with E-state index in [1.807, 2.05) is 0 Å². The number of rotatable bonds is 8. The zero-order valence-electron chi connectivity index (χ0n) is 17.7. The zero-order valence-corrected chi connectivity index (χ0v) is 21.0. The van der Waals surface area contributed by atoms with Gasteiger partial charge in [-0.15, -0.1) is 22.7 Å². The standard InChI is InChI=1S/C21H25N3O4S4/c1-15-14-16-9-13-30-21(16)20(19-4-3-12-29-19)24(15)11-10-22-32(27,28)18-7-5-17(6-8-18)23-31(2,25)26/h3-9,12-13,15,20,22-23H,10-11,14H2,1-2H3/t15-,20+/m1/s1. The first-order valence-corrected chi connectivity index (χ1v) is 15.2. The van der Waals surface area contributed by atoms with Crippen molar-refractivity contribution in [1.29, 1.82) is 0 Å². The molecule has 3 heterocycles. The topological polar surface area (TPSA) is 95.6 Å². The fourth-order valence-electron chi connectivity index (χ4n) is 3.99. The van der Waals surface area contributed by atoms with Crippen LogP contribution in [0.4, 0.5) is 5.69 Å². The fourth-order valence-corrected chi connectivity index (χ4v) is 7.58. The minimum atomic E-state index is -3.71. The molecule has 2 aromatic heterocycles. The van der Waals surface area contributed by atoms with E-state index in [4.69, 9.17) is 0 Å². The summed E-state index contributed by atoms with van der Waals surface area (Å²) >= 11 is 3.48. The first kappa shape index (κ1) is 23.4. The van der Waals surface area contributed by atoms with Gasteiger partial charge in [0, 0.05) is 34.6 Å². The lowest BCUT2D eigenvalue weighted by Crippen LogP contribution is -2.45. The van der Waals surface area contributed by atoms with E-state index in [9.17, 15) is 16.8 Å². The summed E-state index contributed by atoms with van der Waals surface area (Å²) in [5.41, 5.74) is 1.69. The van der Waals surface area contributed by atoms with E-state index in [-0.39, 0.29) is 23.5 Å². The lowest BCUT2D eigenvalue weighted by molar-refractivity contribution is 0.159. The van der Waals surface area contributed by atoms with Crippen molar-refractivity contribution in [2.45, 2.75) is 30.3 Å². The number of nitrogens with zero attached hydrogens (tertiary/aromatic N) is 1. The van der Waals surface area contributed by atoms with Crippen LogP contribution in [0.5, 0.6) is 0 Å². The van der Waals surface area contributed by atoms with Gasteiger partial charge in [-0.1, -0.05) is 6.07 Å². The molecule has 1 aliphatic heterocycles. The Morgan fingerprint density at radius 1 is 1.03 bits per heavy atom. The summed E-state index contributed by atoms with van der Waals surface area (Å²) < 4.78 is 53.2. The first-order chi connectivity index (χ1) is 15.1. The molecule has 7 nitrogen and oxygen atoms in total. The van der Waals surface area contributed by atoms with E-state index in [2.05, 4.69) is 50.2 Å². The molecule has 2 atom stereocenters. The number of sulfonamides is 2. The molecule has 0 bridgehead atoms. The molecule has 0 spiro atoms. The molecule has 32 heavy (non-hydrogen) atoms. The van der Waals surface area contributed by atoms with Crippen LogP contribution in [0.25, 0.3) is 0 Å². The van der Waals surface area contributed by atoms with E-state index in [0.29, 0.717) is 12.2 Å². The van der Waals surface area contributed by atoms with Crippen molar-refractivity contribution in [3.05, 3.63) is 68.5 Å². The lowest BCUT2D eigenvalue weighted by atomic mass is 9.95. The van der Waals surface area contributed by atoms with E-state index in [0.717, 1.165) is 12.7 Å². The second kappa shape index (κ2) is 9.24. The van der Waals surface area contributed by atoms with Crippen molar-refractivity contribution in [2.75, 3.05) is 24.1 Å². The molecule has 0 fully saturated rings. The highest BCUT2D eigenvalue weighted by Crippen LogP contribution is 2.42. The summed E-state index contributed by atoms with van der Waals surface area (Å²) in [6.45, 7) is 3.04. The van der Waals surface area contributed by atoms with Crippen molar-refractivity contribution in [3.8, 4) is 0 Å². The molecule has 0 saturated heterocycles. The minimum absolute atomic E-state index is 0.0959. The molecule has 1 aliphatic rings. The molecule has 0 unspecified atom stereocenters. The predicted octanol–water partition coefficient (Wildman–Crippen LogP) is 3.50. The van der Waals surface area contributed by atoms with E-state index in [1.165, 1.54) is 39.6 Å². The summed E-state index contributed by atoms with van der Waals surface area (Å²) in [7, 11) is -7.13. The summed E-state index contributed by atoms with van der Waals surface area (Å²) in [6, 6.07) is 12.5. The van der Waals surface area contributed by atoms with E-state index < -0.39 is 20.0 Å². The maximum absolute atomic E-state index is 12.8. The monoisotopic (exact) mass is 511 g/mol. The molecule has 0 radical (unpaired) electrons. The smallest absolute Gasteiger partial charge is 0.240 e. The molecule has 2 N–H and O–H groups in total. The van der Waals surface area contributed by atoms with Gasteiger partial charge in [0.05, 0.1) is 17.2 Å². The van der Waals surface area contributed by atoms with Crippen LogP contribution < -0.4 is 9.44 Å². The number of fused-ring (bicyclic) bond motifs is 1. The Bertz CT molecular complexity index is 1270. The third kappa shape index (κ3) is 5.24. The Balaban J connectivity index is 1.46. The van der Waals surface area contributed by atoms with Gasteiger partial charge in [-0.05, 0) is 66.1 Å². The second-order valence-electron chi connectivity index (χ2n) is 7.82. The third-order valence-corrected chi connectivity index (χ3v) is 9.40. The van der Waals surface area contributed by atoms with Crippen LogP contribution in [0.1, 0.15) is 28.3 Å². The van der Waals surface area contributed by atoms with Gasteiger partial charge in [0.25, 0.3) is 0 Å². The predicted molar refractivity (Wildman–Crippen MR) is 130 cm³/mol. The van der Waals surface area contributed by atoms with Gasteiger partial charge in [-0.3, -0.25) is 9.62 Å². The van der Waals surface area contributed by atoms with Crippen molar-refractivity contribution in [1.82, 2.24) is 9.62 Å². The number of nitrogens with one attached hydrogen (secondary N) is 2. The van der Waals surface area contributed by atoms with E-state index in [1.54, 1.807) is 22.7 Å². The Hall–Kier alpha value is -1.76. The first-order valence-electron chi connectivity index (χ1n) is 10.1. The van der Waals surface area contributed by atoms with Crippen LogP contribution in [0.15, 0.2) is 58.1 Å². The molecule has 11 heteroatoms. The maximum atomic E-state index is 12.8. The maximum Gasteiger partial charge on any atom is 0.240 e. The third-order valence-electron chi connectivity index (χ3n) is 5.38. The average Bonchev–Trinajstić information content (AvgIpc) is 3.39. The Kier molecular flexibility index (Phi) is 6.76. The summed E-state index contributed by atoms with van der Waals surface area (Å²) in [5, 5.41) is 4.21. The molecule has 0 aliphatic carbocycles. The van der Waals surface area contributed by atoms with Crippen LogP contribution in [-0.2, 0) is 26.5 Å². The number of benzene rings is 1. The molecule has 0 saturated carbocycles. The van der Waals surface area contributed by atoms with Crippen LogP contribution in [0.3, 0.4) is 0 Å². The Morgan fingerprint density at radius 3 is 2.44 bits per heavy atom. The van der Waals surface area contributed by atoms with Gasteiger partial charge in [-0.25, -0.2) is 21.6 Å². The number of hydrogen-bond acceptors (Lipinski definition) is 7. The molecule has 172 valence electrons. The van der Waals surface area contributed by atoms with Gasteiger partial charge in [-0.2, -0.15) is 0 Å². The summed E-state index contributed by atoms with van der Waals surface area (Å²) in [4.78, 5) is 5.06. The zero-order chi connectivity index (χ0) is 22.9. The quantitative estimate of drug-likeness (QED) is 0.483.